The molecule has 1 aromatic carbocycles. The highest BCUT2D eigenvalue weighted by molar-refractivity contribution is 5.52. The molecule has 0 radical (unpaired) electrons. The smallest absolute Gasteiger partial charge is 0.170 e. The fourth-order valence-corrected chi connectivity index (χ4v) is 3.52. The Kier molecular flexibility index (Phi) is 7.94. The van der Waals surface area contributed by atoms with Crippen molar-refractivity contribution in [2.75, 3.05) is 33.1 Å². The van der Waals surface area contributed by atoms with Gasteiger partial charge >= 0.3 is 0 Å². The lowest BCUT2D eigenvalue weighted by molar-refractivity contribution is 0.120. The molecule has 0 saturated carbocycles. The van der Waals surface area contributed by atoms with Gasteiger partial charge in [-0.25, -0.2) is 0 Å². The van der Waals surface area contributed by atoms with Gasteiger partial charge in [-0.3, -0.25) is 4.68 Å². The molecule has 3 rings (SSSR count). The van der Waals surface area contributed by atoms with Crippen LogP contribution < -0.4 is 5.32 Å². The number of aromatic amines is 1. The lowest BCUT2D eigenvalue weighted by Crippen LogP contribution is -2.16. The number of rotatable bonds is 9. The van der Waals surface area contributed by atoms with E-state index in [4.69, 9.17) is 4.74 Å². The number of benzene rings is 1. The number of aryl methyl sites for hydroxylation is 3. The van der Waals surface area contributed by atoms with Gasteiger partial charge in [0.1, 0.15) is 0 Å². The maximum absolute atomic E-state index is 5.64. The van der Waals surface area contributed by atoms with E-state index in [0.29, 0.717) is 0 Å². The van der Waals surface area contributed by atoms with Crippen LogP contribution in [-0.2, 0) is 18.2 Å². The standard InChI is InChI=1S/C25H33N5O/c1-19-15-24(30(4)28-19)25(31-5)27-23-11-8-10-20(16-23)12-13-22-17-21(18-26-22)9-6-7-14-29(2)3/h8,10-11,15-18,25-27H,6-7,9,14H2,1-5H3. The van der Waals surface area contributed by atoms with Gasteiger partial charge in [0.2, 0.25) is 0 Å². The highest BCUT2D eigenvalue weighted by Crippen LogP contribution is 2.21. The summed E-state index contributed by atoms with van der Waals surface area (Å²) in [4.78, 5) is 5.51. The summed E-state index contributed by atoms with van der Waals surface area (Å²) in [6, 6.07) is 12.2. The Morgan fingerprint density at radius 2 is 2.03 bits per heavy atom. The van der Waals surface area contributed by atoms with Crippen LogP contribution in [0, 0.1) is 18.8 Å². The van der Waals surface area contributed by atoms with Gasteiger partial charge in [-0.2, -0.15) is 5.10 Å². The molecule has 0 saturated heterocycles. The molecule has 0 aliphatic carbocycles. The van der Waals surface area contributed by atoms with Crippen LogP contribution in [0.4, 0.5) is 5.69 Å². The van der Waals surface area contributed by atoms with E-state index in [0.717, 1.165) is 41.3 Å². The zero-order valence-corrected chi connectivity index (χ0v) is 19.2. The number of hydrogen-bond acceptors (Lipinski definition) is 4. The van der Waals surface area contributed by atoms with E-state index in [2.05, 4.69) is 58.5 Å². The Labute approximate surface area is 185 Å². The van der Waals surface area contributed by atoms with E-state index in [1.165, 1.54) is 18.4 Å². The fraction of sp³-hybridized carbons (Fsp3) is 0.400. The lowest BCUT2D eigenvalue weighted by atomic mass is 10.1. The SMILES string of the molecule is COC(Nc1cccc(C#Cc2cc(CCCCN(C)C)c[nH]2)c1)c1cc(C)nn1C. The van der Waals surface area contributed by atoms with Crippen molar-refractivity contribution in [3.05, 3.63) is 70.8 Å². The van der Waals surface area contributed by atoms with Crippen molar-refractivity contribution in [1.29, 1.82) is 0 Å². The van der Waals surface area contributed by atoms with Gasteiger partial charge in [-0.05, 0) is 88.6 Å². The summed E-state index contributed by atoms with van der Waals surface area (Å²) in [5, 5.41) is 7.82. The number of anilines is 1. The Morgan fingerprint density at radius 1 is 1.19 bits per heavy atom. The van der Waals surface area contributed by atoms with E-state index in [-0.39, 0.29) is 6.23 Å². The topological polar surface area (TPSA) is 58.1 Å². The molecule has 6 nitrogen and oxygen atoms in total. The van der Waals surface area contributed by atoms with Crippen molar-refractivity contribution in [3.63, 3.8) is 0 Å². The third-order valence-corrected chi connectivity index (χ3v) is 5.11. The molecule has 3 aromatic rings. The summed E-state index contributed by atoms with van der Waals surface area (Å²) < 4.78 is 7.48. The number of ether oxygens (including phenoxy) is 1. The highest BCUT2D eigenvalue weighted by Gasteiger charge is 2.15. The molecule has 0 aliphatic heterocycles. The third-order valence-electron chi connectivity index (χ3n) is 5.11. The van der Waals surface area contributed by atoms with Crippen LogP contribution in [0.1, 0.15) is 47.3 Å². The van der Waals surface area contributed by atoms with Crippen LogP contribution in [0.15, 0.2) is 42.6 Å². The predicted molar refractivity (Wildman–Crippen MR) is 126 cm³/mol. The summed E-state index contributed by atoms with van der Waals surface area (Å²) >= 11 is 0. The second-order valence-electron chi connectivity index (χ2n) is 8.11. The van der Waals surface area contributed by atoms with Gasteiger partial charge in [0, 0.05) is 31.6 Å². The Morgan fingerprint density at radius 3 is 2.74 bits per heavy atom. The average Bonchev–Trinajstić information content (AvgIpc) is 3.33. The molecule has 0 spiro atoms. The maximum Gasteiger partial charge on any atom is 0.170 e. The largest absolute Gasteiger partial charge is 0.356 e. The zero-order valence-electron chi connectivity index (χ0n) is 19.2. The monoisotopic (exact) mass is 419 g/mol. The quantitative estimate of drug-likeness (QED) is 0.311. The minimum atomic E-state index is -0.284. The molecule has 164 valence electrons. The summed E-state index contributed by atoms with van der Waals surface area (Å²) in [5.41, 5.74) is 6.09. The summed E-state index contributed by atoms with van der Waals surface area (Å²) in [5.74, 6) is 6.50. The van der Waals surface area contributed by atoms with E-state index in [1.807, 2.05) is 49.0 Å². The Balaban J connectivity index is 1.62. The van der Waals surface area contributed by atoms with Gasteiger partial charge in [0.15, 0.2) is 6.23 Å². The first-order valence-corrected chi connectivity index (χ1v) is 10.7. The van der Waals surface area contributed by atoms with E-state index in [1.54, 1.807) is 7.11 Å². The third kappa shape index (κ3) is 6.74. The maximum atomic E-state index is 5.64. The average molecular weight is 420 g/mol. The van der Waals surface area contributed by atoms with E-state index in [9.17, 15) is 0 Å². The van der Waals surface area contributed by atoms with Crippen LogP contribution in [0.5, 0.6) is 0 Å². The second-order valence-corrected chi connectivity index (χ2v) is 8.11. The zero-order chi connectivity index (χ0) is 22.2. The van der Waals surface area contributed by atoms with Crippen molar-refractivity contribution in [2.45, 2.75) is 32.4 Å². The highest BCUT2D eigenvalue weighted by atomic mass is 16.5. The molecule has 1 atom stereocenters. The summed E-state index contributed by atoms with van der Waals surface area (Å²) in [6.07, 6.45) is 5.26. The first-order valence-electron chi connectivity index (χ1n) is 10.7. The van der Waals surface area contributed by atoms with Gasteiger partial charge in [-0.1, -0.05) is 12.0 Å². The number of nitrogens with zero attached hydrogens (tertiary/aromatic N) is 3. The number of unbranched alkanes of at least 4 members (excludes halogenated alkanes) is 1. The van der Waals surface area contributed by atoms with Crippen molar-refractivity contribution in [3.8, 4) is 11.8 Å². The second kappa shape index (κ2) is 10.9. The molecule has 0 aliphatic rings. The van der Waals surface area contributed by atoms with Crippen LogP contribution >= 0.6 is 0 Å². The number of methoxy groups -OCH3 is 1. The molecular weight excluding hydrogens is 386 g/mol. The molecule has 2 aromatic heterocycles. The predicted octanol–water partition coefficient (Wildman–Crippen LogP) is 4.10. The minimum absolute atomic E-state index is 0.284. The number of nitrogens with one attached hydrogen (secondary N) is 2. The molecule has 1 unspecified atom stereocenters. The van der Waals surface area contributed by atoms with Crippen molar-refractivity contribution < 1.29 is 4.74 Å². The van der Waals surface area contributed by atoms with Crippen molar-refractivity contribution >= 4 is 5.69 Å². The minimum Gasteiger partial charge on any atom is -0.356 e. The van der Waals surface area contributed by atoms with Crippen LogP contribution in [-0.4, -0.2) is 47.4 Å². The number of hydrogen-bond donors (Lipinski definition) is 2. The van der Waals surface area contributed by atoms with E-state index < -0.39 is 0 Å². The molecule has 31 heavy (non-hydrogen) atoms. The van der Waals surface area contributed by atoms with Gasteiger partial charge < -0.3 is 19.9 Å². The Bertz CT molecular complexity index is 1040. The van der Waals surface area contributed by atoms with Crippen LogP contribution in [0.3, 0.4) is 0 Å². The first kappa shape index (κ1) is 22.7. The Hall–Kier alpha value is -3.01. The van der Waals surface area contributed by atoms with Gasteiger partial charge in [0.05, 0.1) is 17.1 Å². The van der Waals surface area contributed by atoms with Gasteiger partial charge in [-0.15, -0.1) is 0 Å². The number of H-pyrrole nitrogens is 1. The normalized spacial score (nSPS) is 11.9. The molecule has 2 heterocycles. The first-order chi connectivity index (χ1) is 14.9. The fourth-order valence-electron chi connectivity index (χ4n) is 3.52. The van der Waals surface area contributed by atoms with Gasteiger partial charge in [0.25, 0.3) is 0 Å². The molecule has 2 N–H and O–H groups in total. The summed E-state index contributed by atoms with van der Waals surface area (Å²) in [6.45, 7) is 3.11. The molecule has 0 amide bonds. The van der Waals surface area contributed by atoms with Crippen LogP contribution in [0.2, 0.25) is 0 Å². The lowest BCUT2D eigenvalue weighted by Gasteiger charge is -2.18. The molecule has 0 fully saturated rings. The number of aromatic nitrogens is 3. The molecular formula is C25H33N5O. The van der Waals surface area contributed by atoms with Crippen molar-refractivity contribution in [2.24, 2.45) is 7.05 Å². The molecule has 0 bridgehead atoms. The van der Waals surface area contributed by atoms with Crippen LogP contribution in [0.25, 0.3) is 0 Å². The summed E-state index contributed by atoms with van der Waals surface area (Å²) in [7, 11) is 7.84. The van der Waals surface area contributed by atoms with E-state index >= 15 is 0 Å². The molecule has 6 heteroatoms. The van der Waals surface area contributed by atoms with Crippen molar-refractivity contribution in [1.82, 2.24) is 19.7 Å².